The summed E-state index contributed by atoms with van der Waals surface area (Å²) in [6.07, 6.45) is 1.26. The Kier molecular flexibility index (Phi) is 5.44. The van der Waals surface area contributed by atoms with Crippen LogP contribution in [0.3, 0.4) is 0 Å². The molecule has 0 atom stereocenters. The Bertz CT molecular complexity index is 494. The topological polar surface area (TPSA) is 40.6 Å². The zero-order chi connectivity index (χ0) is 15.2. The molecule has 1 aromatic carbocycles. The van der Waals surface area contributed by atoms with Gasteiger partial charge < -0.3 is 4.90 Å². The molecule has 0 spiro atoms. The summed E-state index contributed by atoms with van der Waals surface area (Å²) >= 11 is 0. The van der Waals surface area contributed by atoms with Crippen molar-refractivity contribution in [2.24, 2.45) is 0 Å². The lowest BCUT2D eigenvalue weighted by Crippen LogP contribution is -2.48. The smallest absolute Gasteiger partial charge is 0.219 e. The number of piperazine rings is 1. The van der Waals surface area contributed by atoms with Gasteiger partial charge in [-0.3, -0.25) is 14.5 Å². The van der Waals surface area contributed by atoms with E-state index < -0.39 is 0 Å². The van der Waals surface area contributed by atoms with Gasteiger partial charge >= 0.3 is 0 Å². The van der Waals surface area contributed by atoms with E-state index in [1.54, 1.807) is 6.92 Å². The van der Waals surface area contributed by atoms with E-state index in [0.717, 1.165) is 39.1 Å². The molecule has 0 saturated carbocycles. The normalized spacial score (nSPS) is 16.0. The number of nitrogens with zero attached hydrogens (tertiary/aromatic N) is 2. The first kappa shape index (κ1) is 15.6. The van der Waals surface area contributed by atoms with E-state index >= 15 is 0 Å². The van der Waals surface area contributed by atoms with Gasteiger partial charge in [0.05, 0.1) is 0 Å². The quantitative estimate of drug-likeness (QED) is 0.779. The second-order valence-electron chi connectivity index (χ2n) is 5.38. The fourth-order valence-corrected chi connectivity index (χ4v) is 2.53. The molecule has 114 valence electrons. The van der Waals surface area contributed by atoms with Crippen LogP contribution < -0.4 is 0 Å². The molecule has 0 radical (unpaired) electrons. The Balaban J connectivity index is 1.69. The number of halogens is 1. The van der Waals surface area contributed by atoms with Crippen molar-refractivity contribution in [3.8, 4) is 0 Å². The van der Waals surface area contributed by atoms with E-state index in [-0.39, 0.29) is 17.5 Å². The summed E-state index contributed by atoms with van der Waals surface area (Å²) in [5.74, 6) is -0.145. The zero-order valence-corrected chi connectivity index (χ0v) is 12.3. The van der Waals surface area contributed by atoms with Crippen molar-refractivity contribution in [2.75, 3.05) is 32.7 Å². The zero-order valence-electron chi connectivity index (χ0n) is 12.3. The van der Waals surface area contributed by atoms with Gasteiger partial charge in [0.2, 0.25) is 5.91 Å². The Labute approximate surface area is 124 Å². The van der Waals surface area contributed by atoms with Gasteiger partial charge in [-0.15, -0.1) is 0 Å². The van der Waals surface area contributed by atoms with Gasteiger partial charge in [-0.05, 0) is 37.2 Å². The van der Waals surface area contributed by atoms with Gasteiger partial charge in [0, 0.05) is 45.1 Å². The van der Waals surface area contributed by atoms with Crippen molar-refractivity contribution < 1.29 is 14.0 Å². The standard InChI is InChI=1S/C16H21FN2O2/c1-13(20)19-11-9-18(10-12-19)8-2-3-16(21)14-4-6-15(17)7-5-14/h4-7H,2-3,8-12H2,1H3. The largest absolute Gasteiger partial charge is 0.340 e. The number of ketones is 1. The summed E-state index contributed by atoms with van der Waals surface area (Å²) in [4.78, 5) is 27.3. The Morgan fingerprint density at radius 2 is 1.71 bits per heavy atom. The van der Waals surface area contributed by atoms with Crippen molar-refractivity contribution in [2.45, 2.75) is 19.8 Å². The summed E-state index contributed by atoms with van der Waals surface area (Å²) in [5.41, 5.74) is 0.567. The van der Waals surface area contributed by atoms with Crippen LogP contribution in [-0.4, -0.2) is 54.2 Å². The predicted octanol–water partition coefficient (Wildman–Crippen LogP) is 1.95. The molecule has 1 aliphatic heterocycles. The average molecular weight is 292 g/mol. The SMILES string of the molecule is CC(=O)N1CCN(CCCC(=O)c2ccc(F)cc2)CC1. The first-order valence-electron chi connectivity index (χ1n) is 7.33. The minimum absolute atomic E-state index is 0.0531. The average Bonchev–Trinajstić information content (AvgIpc) is 2.48. The summed E-state index contributed by atoms with van der Waals surface area (Å²) < 4.78 is 12.8. The second-order valence-corrected chi connectivity index (χ2v) is 5.38. The van der Waals surface area contributed by atoms with Crippen molar-refractivity contribution >= 4 is 11.7 Å². The Morgan fingerprint density at radius 1 is 1.10 bits per heavy atom. The molecule has 21 heavy (non-hydrogen) atoms. The van der Waals surface area contributed by atoms with E-state index in [9.17, 15) is 14.0 Å². The number of rotatable bonds is 5. The van der Waals surface area contributed by atoms with E-state index in [1.165, 1.54) is 24.3 Å². The number of amides is 1. The van der Waals surface area contributed by atoms with E-state index in [1.807, 2.05) is 4.90 Å². The minimum Gasteiger partial charge on any atom is -0.340 e. The van der Waals surface area contributed by atoms with Crippen LogP contribution in [0.25, 0.3) is 0 Å². The predicted molar refractivity (Wildman–Crippen MR) is 78.7 cm³/mol. The number of carbonyl (C=O) groups is 2. The maximum atomic E-state index is 12.8. The third kappa shape index (κ3) is 4.63. The van der Waals surface area contributed by atoms with Gasteiger partial charge in [0.25, 0.3) is 0 Å². The molecule has 0 bridgehead atoms. The van der Waals surface area contributed by atoms with E-state index in [2.05, 4.69) is 4.90 Å². The highest BCUT2D eigenvalue weighted by Crippen LogP contribution is 2.09. The van der Waals surface area contributed by atoms with E-state index in [4.69, 9.17) is 0 Å². The maximum Gasteiger partial charge on any atom is 0.219 e. The first-order valence-corrected chi connectivity index (χ1v) is 7.33. The number of Topliss-reactive ketones (excluding diaryl/α,β-unsaturated/α-hetero) is 1. The highest BCUT2D eigenvalue weighted by atomic mass is 19.1. The van der Waals surface area contributed by atoms with Crippen LogP contribution in [0.2, 0.25) is 0 Å². The van der Waals surface area contributed by atoms with Gasteiger partial charge in [-0.25, -0.2) is 4.39 Å². The number of carbonyl (C=O) groups excluding carboxylic acids is 2. The van der Waals surface area contributed by atoms with E-state index in [0.29, 0.717) is 12.0 Å². The monoisotopic (exact) mass is 292 g/mol. The van der Waals surface area contributed by atoms with Crippen LogP contribution in [0.1, 0.15) is 30.1 Å². The van der Waals surface area contributed by atoms with Crippen LogP contribution in [0.4, 0.5) is 4.39 Å². The summed E-state index contributed by atoms with van der Waals surface area (Å²) in [5, 5.41) is 0. The van der Waals surface area contributed by atoms with Crippen LogP contribution in [-0.2, 0) is 4.79 Å². The van der Waals surface area contributed by atoms with Crippen LogP contribution in [0, 0.1) is 5.82 Å². The summed E-state index contributed by atoms with van der Waals surface area (Å²) in [6, 6.07) is 5.69. The molecule has 0 aliphatic carbocycles. The Hall–Kier alpha value is -1.75. The molecule has 1 fully saturated rings. The number of benzene rings is 1. The number of hydrogen-bond donors (Lipinski definition) is 0. The third-order valence-electron chi connectivity index (χ3n) is 3.86. The van der Waals surface area contributed by atoms with Crippen molar-refractivity contribution in [3.05, 3.63) is 35.6 Å². The second kappa shape index (κ2) is 7.31. The van der Waals surface area contributed by atoms with Crippen molar-refractivity contribution in [1.29, 1.82) is 0 Å². The van der Waals surface area contributed by atoms with Crippen LogP contribution in [0.15, 0.2) is 24.3 Å². The van der Waals surface area contributed by atoms with Gasteiger partial charge in [-0.1, -0.05) is 0 Å². The summed E-state index contributed by atoms with van der Waals surface area (Å²) in [7, 11) is 0. The molecule has 1 heterocycles. The molecule has 5 heteroatoms. The van der Waals surface area contributed by atoms with Crippen LogP contribution >= 0.6 is 0 Å². The molecule has 0 aromatic heterocycles. The highest BCUT2D eigenvalue weighted by molar-refractivity contribution is 5.95. The van der Waals surface area contributed by atoms with Crippen molar-refractivity contribution in [3.63, 3.8) is 0 Å². The maximum absolute atomic E-state index is 12.8. The lowest BCUT2D eigenvalue weighted by Gasteiger charge is -2.34. The lowest BCUT2D eigenvalue weighted by atomic mass is 10.1. The molecule has 1 saturated heterocycles. The fraction of sp³-hybridized carbons (Fsp3) is 0.500. The molecule has 0 N–H and O–H groups in total. The molecule has 0 unspecified atom stereocenters. The summed E-state index contributed by atoms with van der Waals surface area (Å²) in [6.45, 7) is 5.72. The third-order valence-corrected chi connectivity index (χ3v) is 3.86. The first-order chi connectivity index (χ1) is 10.1. The van der Waals surface area contributed by atoms with Gasteiger partial charge in [0.15, 0.2) is 5.78 Å². The molecule has 4 nitrogen and oxygen atoms in total. The van der Waals surface area contributed by atoms with Crippen LogP contribution in [0.5, 0.6) is 0 Å². The lowest BCUT2D eigenvalue weighted by molar-refractivity contribution is -0.130. The van der Waals surface area contributed by atoms with Gasteiger partial charge in [0.1, 0.15) is 5.82 Å². The molecule has 1 amide bonds. The molecule has 1 aliphatic rings. The van der Waals surface area contributed by atoms with Gasteiger partial charge in [-0.2, -0.15) is 0 Å². The molecule has 2 rings (SSSR count). The highest BCUT2D eigenvalue weighted by Gasteiger charge is 2.18. The fourth-order valence-electron chi connectivity index (χ4n) is 2.53. The molecule has 1 aromatic rings. The molecular formula is C16H21FN2O2. The minimum atomic E-state index is -0.324. The van der Waals surface area contributed by atoms with Crippen molar-refractivity contribution in [1.82, 2.24) is 9.80 Å². The number of hydrogen-bond acceptors (Lipinski definition) is 3. The molecular weight excluding hydrogens is 271 g/mol. The Morgan fingerprint density at radius 3 is 2.29 bits per heavy atom.